The van der Waals surface area contributed by atoms with E-state index in [1.54, 1.807) is 12.1 Å². The summed E-state index contributed by atoms with van der Waals surface area (Å²) in [5, 5.41) is 3.17. The first kappa shape index (κ1) is 23.2. The van der Waals surface area contributed by atoms with Gasteiger partial charge in [0.1, 0.15) is 5.75 Å². The normalized spacial score (nSPS) is 26.8. The van der Waals surface area contributed by atoms with Gasteiger partial charge in [-0.25, -0.2) is 4.79 Å². The Labute approximate surface area is 206 Å². The molecular formula is C28H32ClNO4. The van der Waals surface area contributed by atoms with Gasteiger partial charge in [0.15, 0.2) is 0 Å². The van der Waals surface area contributed by atoms with Gasteiger partial charge in [-0.05, 0) is 104 Å². The van der Waals surface area contributed by atoms with Crippen LogP contribution < -0.4 is 10.1 Å². The number of benzene rings is 2. The summed E-state index contributed by atoms with van der Waals surface area (Å²) in [5.41, 5.74) is 2.51. The zero-order valence-corrected chi connectivity index (χ0v) is 20.4. The summed E-state index contributed by atoms with van der Waals surface area (Å²) in [6.45, 7) is 0.453. The number of esters is 1. The Morgan fingerprint density at radius 3 is 2.26 bits per heavy atom. The van der Waals surface area contributed by atoms with Crippen LogP contribution in [0, 0.1) is 17.8 Å². The van der Waals surface area contributed by atoms with Crippen molar-refractivity contribution in [1.82, 2.24) is 0 Å². The lowest BCUT2D eigenvalue weighted by atomic mass is 9.48. The van der Waals surface area contributed by atoms with Crippen molar-refractivity contribution >= 4 is 29.2 Å². The second-order valence-corrected chi connectivity index (χ2v) is 10.8. The fourth-order valence-corrected chi connectivity index (χ4v) is 7.08. The molecule has 1 N–H and O–H groups in total. The number of carbonyl (C=O) groups excluding carboxylic acids is 2. The van der Waals surface area contributed by atoms with Gasteiger partial charge in [-0.1, -0.05) is 23.7 Å². The van der Waals surface area contributed by atoms with E-state index < -0.39 is 5.97 Å². The van der Waals surface area contributed by atoms with Crippen LogP contribution in [-0.4, -0.2) is 25.6 Å². The molecule has 0 heterocycles. The van der Waals surface area contributed by atoms with Gasteiger partial charge in [-0.15, -0.1) is 0 Å². The highest BCUT2D eigenvalue weighted by atomic mass is 35.5. The molecule has 34 heavy (non-hydrogen) atoms. The predicted octanol–water partition coefficient (Wildman–Crippen LogP) is 6.39. The summed E-state index contributed by atoms with van der Waals surface area (Å²) >= 11 is 5.97. The smallest absolute Gasteiger partial charge is 0.340 e. The highest BCUT2D eigenvalue weighted by Gasteiger charge is 2.51. The zero-order valence-electron chi connectivity index (χ0n) is 19.6. The third-order valence-corrected chi connectivity index (χ3v) is 8.22. The Hall–Kier alpha value is -2.53. The first-order valence-electron chi connectivity index (χ1n) is 12.4. The van der Waals surface area contributed by atoms with E-state index in [2.05, 4.69) is 29.6 Å². The topological polar surface area (TPSA) is 64.6 Å². The number of methoxy groups -OCH3 is 1. The number of anilines is 1. The van der Waals surface area contributed by atoms with E-state index >= 15 is 0 Å². The molecule has 5 nitrogen and oxygen atoms in total. The largest absolute Gasteiger partial charge is 0.494 e. The summed E-state index contributed by atoms with van der Waals surface area (Å²) in [7, 11) is 1.29. The number of ether oxygens (including phenoxy) is 2. The second-order valence-electron chi connectivity index (χ2n) is 10.4. The highest BCUT2D eigenvalue weighted by Crippen LogP contribution is 2.60. The van der Waals surface area contributed by atoms with Crippen LogP contribution in [0.4, 0.5) is 5.69 Å². The predicted molar refractivity (Wildman–Crippen MR) is 132 cm³/mol. The minimum Gasteiger partial charge on any atom is -0.494 e. The molecule has 2 aromatic rings. The lowest BCUT2D eigenvalue weighted by molar-refractivity contribution is -0.116. The minimum atomic E-state index is -0.543. The summed E-state index contributed by atoms with van der Waals surface area (Å²) in [4.78, 5) is 24.3. The zero-order chi connectivity index (χ0) is 23.7. The molecular weight excluding hydrogens is 450 g/mol. The summed E-state index contributed by atoms with van der Waals surface area (Å²) in [6, 6.07) is 13.4. The maximum absolute atomic E-state index is 12.4. The maximum Gasteiger partial charge on any atom is 0.340 e. The minimum absolute atomic E-state index is 0.187. The lowest BCUT2D eigenvalue weighted by Gasteiger charge is -2.57. The van der Waals surface area contributed by atoms with Gasteiger partial charge in [-0.2, -0.15) is 0 Å². The van der Waals surface area contributed by atoms with Crippen molar-refractivity contribution in [2.45, 2.75) is 56.8 Å². The van der Waals surface area contributed by atoms with Crippen molar-refractivity contribution < 1.29 is 19.1 Å². The molecule has 1 amide bonds. The van der Waals surface area contributed by atoms with Crippen molar-refractivity contribution in [2.24, 2.45) is 17.8 Å². The molecule has 4 aliphatic rings. The van der Waals surface area contributed by atoms with Gasteiger partial charge in [0.25, 0.3) is 0 Å². The van der Waals surface area contributed by atoms with Crippen LogP contribution in [0.1, 0.15) is 67.3 Å². The van der Waals surface area contributed by atoms with E-state index in [0.717, 1.165) is 23.5 Å². The SMILES string of the molecule is COC(=O)c1cc(Cl)ccc1NC(=O)CCCOc1ccc(C23CC4CC(CC(C4)C2)C3)cc1. The molecule has 180 valence electrons. The number of halogens is 1. The number of rotatable bonds is 8. The van der Waals surface area contributed by atoms with Crippen LogP contribution in [0.5, 0.6) is 5.75 Å². The van der Waals surface area contributed by atoms with Crippen molar-refractivity contribution in [3.05, 3.63) is 58.6 Å². The van der Waals surface area contributed by atoms with Crippen molar-refractivity contribution in [3.63, 3.8) is 0 Å². The Balaban J connectivity index is 1.11. The molecule has 0 spiro atoms. The molecule has 0 unspecified atom stereocenters. The van der Waals surface area contributed by atoms with Gasteiger partial charge in [-0.3, -0.25) is 4.79 Å². The van der Waals surface area contributed by atoms with Gasteiger partial charge in [0, 0.05) is 11.4 Å². The molecule has 0 atom stereocenters. The van der Waals surface area contributed by atoms with Crippen molar-refractivity contribution in [1.29, 1.82) is 0 Å². The molecule has 4 saturated carbocycles. The number of amides is 1. The molecule has 0 aliphatic heterocycles. The van der Waals surface area contributed by atoms with E-state index in [1.165, 1.54) is 57.3 Å². The molecule has 6 heteroatoms. The Kier molecular flexibility index (Phi) is 6.57. The third-order valence-electron chi connectivity index (χ3n) is 7.98. The van der Waals surface area contributed by atoms with Gasteiger partial charge in [0.2, 0.25) is 5.91 Å². The van der Waals surface area contributed by atoms with Gasteiger partial charge >= 0.3 is 5.97 Å². The summed E-state index contributed by atoms with van der Waals surface area (Å²) < 4.78 is 10.7. The van der Waals surface area contributed by atoms with Crippen LogP contribution in [0.2, 0.25) is 5.02 Å². The Morgan fingerprint density at radius 2 is 1.65 bits per heavy atom. The van der Waals surface area contributed by atoms with Crippen molar-refractivity contribution in [2.75, 3.05) is 19.0 Å². The van der Waals surface area contributed by atoms with E-state index in [0.29, 0.717) is 29.2 Å². The quantitative estimate of drug-likeness (QED) is 0.350. The fourth-order valence-electron chi connectivity index (χ4n) is 6.91. The summed E-state index contributed by atoms with van der Waals surface area (Å²) in [6.07, 6.45) is 9.30. The Morgan fingerprint density at radius 1 is 1.00 bits per heavy atom. The van der Waals surface area contributed by atoms with E-state index in [1.807, 2.05) is 0 Å². The molecule has 4 aliphatic carbocycles. The van der Waals surface area contributed by atoms with Gasteiger partial charge < -0.3 is 14.8 Å². The van der Waals surface area contributed by atoms with Crippen LogP contribution in [-0.2, 0) is 14.9 Å². The molecule has 4 fully saturated rings. The Bertz CT molecular complexity index is 1030. The van der Waals surface area contributed by atoms with Gasteiger partial charge in [0.05, 0.1) is 25.0 Å². The van der Waals surface area contributed by atoms with Crippen LogP contribution >= 0.6 is 11.6 Å². The second kappa shape index (κ2) is 9.61. The maximum atomic E-state index is 12.4. The number of nitrogens with one attached hydrogen (secondary N) is 1. The van der Waals surface area contributed by atoms with Crippen LogP contribution in [0.25, 0.3) is 0 Å². The molecule has 6 rings (SSSR count). The van der Waals surface area contributed by atoms with E-state index in [-0.39, 0.29) is 17.9 Å². The molecule has 0 radical (unpaired) electrons. The third kappa shape index (κ3) is 4.81. The van der Waals surface area contributed by atoms with Crippen LogP contribution in [0.3, 0.4) is 0 Å². The molecule has 4 bridgehead atoms. The first-order valence-corrected chi connectivity index (χ1v) is 12.7. The number of carbonyl (C=O) groups is 2. The molecule has 0 aromatic heterocycles. The fraction of sp³-hybridized carbons (Fsp3) is 0.500. The van der Waals surface area contributed by atoms with E-state index in [4.69, 9.17) is 21.1 Å². The standard InChI is InChI=1S/C28H32ClNO4/c1-33-27(32)24-14-22(29)6-9-25(24)30-26(31)3-2-10-34-23-7-4-21(5-8-23)28-15-18-11-19(16-28)13-20(12-18)17-28/h4-9,14,18-20H,2-3,10-13,15-17H2,1H3,(H,30,31). The summed E-state index contributed by atoms with van der Waals surface area (Å²) in [5.74, 6) is 2.92. The molecule has 2 aromatic carbocycles. The average Bonchev–Trinajstić information content (AvgIpc) is 2.82. The average molecular weight is 482 g/mol. The first-order chi connectivity index (χ1) is 16.4. The van der Waals surface area contributed by atoms with Crippen molar-refractivity contribution in [3.8, 4) is 5.75 Å². The number of hydrogen-bond acceptors (Lipinski definition) is 4. The lowest BCUT2D eigenvalue weighted by Crippen LogP contribution is -2.48. The van der Waals surface area contributed by atoms with E-state index in [9.17, 15) is 9.59 Å². The highest BCUT2D eigenvalue weighted by molar-refractivity contribution is 6.31. The monoisotopic (exact) mass is 481 g/mol. The molecule has 0 saturated heterocycles. The van der Waals surface area contributed by atoms with Crippen LogP contribution in [0.15, 0.2) is 42.5 Å². The number of hydrogen-bond donors (Lipinski definition) is 1.